The molecule has 100 valence electrons. The van der Waals surface area contributed by atoms with Gasteiger partial charge in [-0.2, -0.15) is 0 Å². The second kappa shape index (κ2) is 6.51. The zero-order valence-corrected chi connectivity index (χ0v) is 11.0. The molecule has 0 atom stereocenters. The molecule has 1 aromatic carbocycles. The molecule has 0 saturated heterocycles. The van der Waals surface area contributed by atoms with E-state index in [0.29, 0.717) is 13.0 Å². The van der Waals surface area contributed by atoms with Crippen LogP contribution in [0.15, 0.2) is 24.3 Å². The molecule has 0 spiro atoms. The monoisotopic (exact) mass is 271 g/mol. The smallest absolute Gasteiger partial charge is 0.307 e. The molecule has 0 amide bonds. The predicted octanol–water partition coefficient (Wildman–Crippen LogP) is 0.795. The number of aliphatic carboxylic acids is 1. The lowest BCUT2D eigenvalue weighted by atomic mass is 10.1. The van der Waals surface area contributed by atoms with Gasteiger partial charge < -0.3 is 5.11 Å². The van der Waals surface area contributed by atoms with Gasteiger partial charge in [-0.3, -0.25) is 4.79 Å². The summed E-state index contributed by atoms with van der Waals surface area (Å²) in [4.78, 5) is 10.5. The van der Waals surface area contributed by atoms with Crippen LogP contribution in [-0.4, -0.2) is 32.3 Å². The van der Waals surface area contributed by atoms with E-state index in [-0.39, 0.29) is 6.42 Å². The third kappa shape index (κ3) is 6.36. The summed E-state index contributed by atoms with van der Waals surface area (Å²) >= 11 is 0. The maximum Gasteiger partial charge on any atom is 0.307 e. The molecule has 0 fully saturated rings. The van der Waals surface area contributed by atoms with Gasteiger partial charge in [0, 0.05) is 6.54 Å². The zero-order valence-electron chi connectivity index (χ0n) is 10.2. The summed E-state index contributed by atoms with van der Waals surface area (Å²) in [6.07, 6.45) is 2.63. The van der Waals surface area contributed by atoms with Crippen LogP contribution in [0.5, 0.6) is 0 Å². The number of hydrogen-bond acceptors (Lipinski definition) is 3. The van der Waals surface area contributed by atoms with Gasteiger partial charge in [0.25, 0.3) is 0 Å². The van der Waals surface area contributed by atoms with Crippen molar-refractivity contribution in [3.63, 3.8) is 0 Å². The minimum absolute atomic E-state index is 0.0237. The number of carbonyl (C=O) groups is 1. The Kier molecular flexibility index (Phi) is 5.30. The summed E-state index contributed by atoms with van der Waals surface area (Å²) in [5.74, 6) is -0.847. The van der Waals surface area contributed by atoms with E-state index in [9.17, 15) is 13.2 Å². The first-order valence-electron chi connectivity index (χ1n) is 5.61. The number of carboxylic acid groups (broad SMARTS) is 1. The standard InChI is InChI=1S/C12H17NO4S/c1-18(16,17)13-8-2-3-10-4-6-11(7-5-10)9-12(14)15/h4-7,13H,2-3,8-9H2,1H3,(H,14,15). The van der Waals surface area contributed by atoms with Crippen LogP contribution < -0.4 is 4.72 Å². The lowest BCUT2D eigenvalue weighted by molar-refractivity contribution is -0.136. The van der Waals surface area contributed by atoms with Gasteiger partial charge in [0.2, 0.25) is 10.0 Å². The van der Waals surface area contributed by atoms with E-state index in [1.54, 1.807) is 12.1 Å². The average Bonchev–Trinajstić information content (AvgIpc) is 2.24. The molecule has 0 unspecified atom stereocenters. The minimum Gasteiger partial charge on any atom is -0.481 e. The number of rotatable bonds is 7. The summed E-state index contributed by atoms with van der Waals surface area (Å²) < 4.78 is 24.1. The molecule has 1 rings (SSSR count). The topological polar surface area (TPSA) is 83.5 Å². The molecule has 5 nitrogen and oxygen atoms in total. The van der Waals surface area contributed by atoms with Crippen molar-refractivity contribution in [1.82, 2.24) is 4.72 Å². The van der Waals surface area contributed by atoms with Gasteiger partial charge in [0.1, 0.15) is 0 Å². The third-order valence-corrected chi connectivity index (χ3v) is 3.11. The Bertz CT molecular complexity index is 493. The highest BCUT2D eigenvalue weighted by molar-refractivity contribution is 7.88. The highest BCUT2D eigenvalue weighted by Crippen LogP contribution is 2.07. The highest BCUT2D eigenvalue weighted by atomic mass is 32.2. The Morgan fingerprint density at radius 1 is 1.22 bits per heavy atom. The Balaban J connectivity index is 2.37. The maximum absolute atomic E-state index is 10.8. The number of aryl methyl sites for hydroxylation is 1. The molecule has 1 aromatic rings. The molecule has 0 aliphatic rings. The lowest BCUT2D eigenvalue weighted by Gasteiger charge is -2.04. The van der Waals surface area contributed by atoms with Gasteiger partial charge in [0.05, 0.1) is 12.7 Å². The van der Waals surface area contributed by atoms with E-state index < -0.39 is 16.0 Å². The fraction of sp³-hybridized carbons (Fsp3) is 0.417. The summed E-state index contributed by atoms with van der Waals surface area (Å²) in [6.45, 7) is 0.412. The Morgan fingerprint density at radius 2 is 1.78 bits per heavy atom. The van der Waals surface area contributed by atoms with Crippen LogP contribution >= 0.6 is 0 Å². The summed E-state index contributed by atoms with van der Waals surface area (Å²) in [6, 6.07) is 7.32. The number of nitrogens with one attached hydrogen (secondary N) is 1. The Labute approximate surface area is 107 Å². The Morgan fingerprint density at radius 3 is 2.28 bits per heavy atom. The number of hydrogen-bond donors (Lipinski definition) is 2. The molecule has 2 N–H and O–H groups in total. The molecule has 18 heavy (non-hydrogen) atoms. The molecule has 0 aliphatic heterocycles. The van der Waals surface area contributed by atoms with Crippen LogP contribution in [0, 0.1) is 0 Å². The van der Waals surface area contributed by atoms with Crippen LogP contribution in [0.2, 0.25) is 0 Å². The van der Waals surface area contributed by atoms with Crippen LogP contribution in [0.25, 0.3) is 0 Å². The van der Waals surface area contributed by atoms with Crippen molar-refractivity contribution in [2.75, 3.05) is 12.8 Å². The van der Waals surface area contributed by atoms with Gasteiger partial charge in [0.15, 0.2) is 0 Å². The van der Waals surface area contributed by atoms with Crippen LogP contribution in [-0.2, 0) is 27.7 Å². The van der Waals surface area contributed by atoms with Crippen molar-refractivity contribution < 1.29 is 18.3 Å². The predicted molar refractivity (Wildman–Crippen MR) is 68.9 cm³/mol. The van der Waals surface area contributed by atoms with E-state index >= 15 is 0 Å². The summed E-state index contributed by atoms with van der Waals surface area (Å²) in [5.41, 5.74) is 1.83. The maximum atomic E-state index is 10.8. The van der Waals surface area contributed by atoms with Crippen molar-refractivity contribution >= 4 is 16.0 Å². The largest absolute Gasteiger partial charge is 0.481 e. The zero-order chi connectivity index (χ0) is 13.6. The summed E-state index contributed by atoms with van der Waals surface area (Å²) in [5, 5.41) is 8.62. The molecule has 0 radical (unpaired) electrons. The Hall–Kier alpha value is -1.40. The molecule has 0 aromatic heterocycles. The van der Waals surface area contributed by atoms with Gasteiger partial charge >= 0.3 is 5.97 Å². The van der Waals surface area contributed by atoms with E-state index in [0.717, 1.165) is 23.8 Å². The molecule has 6 heteroatoms. The first-order valence-corrected chi connectivity index (χ1v) is 7.50. The fourth-order valence-electron chi connectivity index (χ4n) is 1.55. The van der Waals surface area contributed by atoms with Crippen LogP contribution in [0.4, 0.5) is 0 Å². The van der Waals surface area contributed by atoms with Crippen molar-refractivity contribution in [1.29, 1.82) is 0 Å². The number of benzene rings is 1. The van der Waals surface area contributed by atoms with Crippen molar-refractivity contribution in [2.45, 2.75) is 19.3 Å². The van der Waals surface area contributed by atoms with E-state index in [1.165, 1.54) is 0 Å². The minimum atomic E-state index is -3.11. The number of carboxylic acids is 1. The van der Waals surface area contributed by atoms with Crippen molar-refractivity contribution in [2.24, 2.45) is 0 Å². The summed E-state index contributed by atoms with van der Waals surface area (Å²) in [7, 11) is -3.11. The van der Waals surface area contributed by atoms with E-state index in [1.807, 2.05) is 12.1 Å². The average molecular weight is 271 g/mol. The normalized spacial score (nSPS) is 11.4. The van der Waals surface area contributed by atoms with Crippen molar-refractivity contribution in [3.05, 3.63) is 35.4 Å². The third-order valence-electron chi connectivity index (χ3n) is 2.38. The quantitative estimate of drug-likeness (QED) is 0.718. The lowest BCUT2D eigenvalue weighted by Crippen LogP contribution is -2.23. The first-order chi connectivity index (χ1) is 8.37. The fourth-order valence-corrected chi connectivity index (χ4v) is 2.06. The van der Waals surface area contributed by atoms with Gasteiger partial charge in [-0.05, 0) is 24.0 Å². The van der Waals surface area contributed by atoms with Gasteiger partial charge in [-0.15, -0.1) is 0 Å². The van der Waals surface area contributed by atoms with Crippen molar-refractivity contribution in [3.8, 4) is 0 Å². The molecule has 0 aliphatic carbocycles. The first kappa shape index (κ1) is 14.7. The molecule has 0 bridgehead atoms. The van der Waals surface area contributed by atoms with Gasteiger partial charge in [-0.25, -0.2) is 13.1 Å². The second-order valence-electron chi connectivity index (χ2n) is 4.16. The second-order valence-corrected chi connectivity index (χ2v) is 5.99. The SMILES string of the molecule is CS(=O)(=O)NCCCc1ccc(CC(=O)O)cc1. The highest BCUT2D eigenvalue weighted by Gasteiger charge is 2.01. The van der Waals surface area contributed by atoms with Gasteiger partial charge in [-0.1, -0.05) is 24.3 Å². The van der Waals surface area contributed by atoms with E-state index in [4.69, 9.17) is 5.11 Å². The molecular formula is C12H17NO4S. The van der Waals surface area contributed by atoms with Crippen LogP contribution in [0.3, 0.4) is 0 Å². The number of sulfonamides is 1. The van der Waals surface area contributed by atoms with Crippen LogP contribution in [0.1, 0.15) is 17.5 Å². The molecule has 0 heterocycles. The molecular weight excluding hydrogens is 254 g/mol. The molecule has 0 saturated carbocycles. The van der Waals surface area contributed by atoms with E-state index in [2.05, 4.69) is 4.72 Å².